The molecule has 7 heteroatoms. The normalized spacial score (nSPS) is 13.1. The largest absolute Gasteiger partial charge is 0.497 e. The summed E-state index contributed by atoms with van der Waals surface area (Å²) in [5.41, 5.74) is 1.66. The molecule has 0 spiro atoms. The highest BCUT2D eigenvalue weighted by Gasteiger charge is 2.33. The molecule has 1 aliphatic carbocycles. The zero-order valence-electron chi connectivity index (χ0n) is 16.3. The summed E-state index contributed by atoms with van der Waals surface area (Å²) < 4.78 is 11.9. The highest BCUT2D eigenvalue weighted by atomic mass is 16.5. The Balaban J connectivity index is 1.61. The molecule has 0 atom stereocenters. The summed E-state index contributed by atoms with van der Waals surface area (Å²) in [5, 5.41) is 0. The van der Waals surface area contributed by atoms with Crippen LogP contribution in [0.25, 0.3) is 0 Å². The molecular weight excluding hydrogens is 360 g/mol. The average Bonchev–Trinajstić information content (AvgIpc) is 3.45. The van der Waals surface area contributed by atoms with Gasteiger partial charge in [0.05, 0.1) is 7.11 Å². The number of hydrogen-bond acceptors (Lipinski definition) is 5. The number of carbonyl (C=O) groups excluding carboxylic acids is 3. The number of Topliss-reactive ketones (excluding diaryl/α,β-unsaturated/α-hetero) is 1. The maximum absolute atomic E-state index is 12.6. The monoisotopic (exact) mass is 384 g/mol. The number of amides is 1. The lowest BCUT2D eigenvalue weighted by Gasteiger charge is -2.22. The lowest BCUT2D eigenvalue weighted by molar-refractivity contribution is -0.135. The number of aryl methyl sites for hydroxylation is 1. The minimum atomic E-state index is -0.622. The lowest BCUT2D eigenvalue weighted by Crippen LogP contribution is -2.36. The predicted octanol–water partition coefficient (Wildman–Crippen LogP) is 2.58. The zero-order valence-corrected chi connectivity index (χ0v) is 16.3. The number of hydrogen-bond donors (Lipinski definition) is 0. The van der Waals surface area contributed by atoms with Gasteiger partial charge in [-0.1, -0.05) is 12.1 Å². The van der Waals surface area contributed by atoms with Crippen molar-refractivity contribution in [3.63, 3.8) is 0 Å². The van der Waals surface area contributed by atoms with Crippen molar-refractivity contribution in [1.82, 2.24) is 9.47 Å². The number of rotatable bonds is 8. The van der Waals surface area contributed by atoms with Crippen molar-refractivity contribution in [3.8, 4) is 5.75 Å². The number of esters is 1. The van der Waals surface area contributed by atoms with Crippen LogP contribution < -0.4 is 4.74 Å². The van der Waals surface area contributed by atoms with E-state index in [4.69, 9.17) is 9.47 Å². The summed E-state index contributed by atoms with van der Waals surface area (Å²) in [7, 11) is 3.26. The number of aromatic nitrogens is 1. The van der Waals surface area contributed by atoms with Gasteiger partial charge in [-0.05, 0) is 43.5 Å². The standard InChI is InChI=1S/C21H24N2O5/c1-14(24)16-10-19(22(2)12-16)21(26)28-13-20(25)23(17-6-7-17)11-15-4-8-18(27-3)9-5-15/h4-5,8-10,12,17H,6-7,11,13H2,1-3H3. The van der Waals surface area contributed by atoms with Crippen LogP contribution in [-0.2, 0) is 23.1 Å². The van der Waals surface area contributed by atoms with Crippen LogP contribution in [0.15, 0.2) is 36.5 Å². The van der Waals surface area contributed by atoms with E-state index >= 15 is 0 Å². The molecule has 2 aromatic rings. The fourth-order valence-electron chi connectivity index (χ4n) is 2.98. The number of nitrogens with zero attached hydrogens (tertiary/aromatic N) is 2. The SMILES string of the molecule is COc1ccc(CN(C(=O)COC(=O)c2cc(C(C)=O)cn2C)C2CC2)cc1. The van der Waals surface area contributed by atoms with Crippen molar-refractivity contribution in [3.05, 3.63) is 53.3 Å². The summed E-state index contributed by atoms with van der Waals surface area (Å²) in [6.07, 6.45) is 3.48. The van der Waals surface area contributed by atoms with Crippen molar-refractivity contribution in [2.75, 3.05) is 13.7 Å². The van der Waals surface area contributed by atoms with Crippen LogP contribution >= 0.6 is 0 Å². The molecule has 0 aliphatic heterocycles. The van der Waals surface area contributed by atoms with Crippen LogP contribution in [0.1, 0.15) is 46.2 Å². The second-order valence-electron chi connectivity index (χ2n) is 6.96. The first kappa shape index (κ1) is 19.7. The molecule has 7 nitrogen and oxygen atoms in total. The van der Waals surface area contributed by atoms with Gasteiger partial charge in [0.25, 0.3) is 5.91 Å². The smallest absolute Gasteiger partial charge is 0.355 e. The molecule has 0 N–H and O–H groups in total. The van der Waals surface area contributed by atoms with Gasteiger partial charge in [-0.25, -0.2) is 4.79 Å². The maximum Gasteiger partial charge on any atom is 0.355 e. The van der Waals surface area contributed by atoms with Crippen molar-refractivity contribution in [1.29, 1.82) is 0 Å². The second kappa shape index (κ2) is 8.29. The molecule has 0 saturated heterocycles. The molecule has 1 heterocycles. The van der Waals surface area contributed by atoms with Gasteiger partial charge < -0.3 is 18.9 Å². The fourth-order valence-corrected chi connectivity index (χ4v) is 2.98. The summed E-state index contributed by atoms with van der Waals surface area (Å²) >= 11 is 0. The summed E-state index contributed by atoms with van der Waals surface area (Å²) in [4.78, 5) is 38.2. The number of ether oxygens (including phenoxy) is 2. The second-order valence-corrected chi connectivity index (χ2v) is 6.96. The third-order valence-corrected chi connectivity index (χ3v) is 4.77. The van der Waals surface area contributed by atoms with E-state index in [-0.39, 0.29) is 30.0 Å². The summed E-state index contributed by atoms with van der Waals surface area (Å²) in [6, 6.07) is 9.21. The molecule has 1 saturated carbocycles. The van der Waals surface area contributed by atoms with Crippen LogP contribution in [0.5, 0.6) is 5.75 Å². The van der Waals surface area contributed by atoms with E-state index in [1.165, 1.54) is 17.6 Å². The molecule has 3 rings (SSSR count). The minimum absolute atomic E-state index is 0.134. The quantitative estimate of drug-likeness (QED) is 0.516. The Bertz CT molecular complexity index is 881. The molecule has 0 radical (unpaired) electrons. The Morgan fingerprint density at radius 1 is 1.18 bits per heavy atom. The van der Waals surface area contributed by atoms with Gasteiger partial charge in [0.15, 0.2) is 12.4 Å². The highest BCUT2D eigenvalue weighted by Crippen LogP contribution is 2.29. The molecule has 1 aliphatic rings. The molecule has 1 fully saturated rings. The van der Waals surface area contributed by atoms with Crippen LogP contribution in [0.4, 0.5) is 0 Å². The third kappa shape index (κ3) is 4.60. The number of ketones is 1. The predicted molar refractivity (Wildman–Crippen MR) is 102 cm³/mol. The van der Waals surface area contributed by atoms with E-state index in [9.17, 15) is 14.4 Å². The molecular formula is C21H24N2O5. The minimum Gasteiger partial charge on any atom is -0.497 e. The van der Waals surface area contributed by atoms with E-state index < -0.39 is 5.97 Å². The van der Waals surface area contributed by atoms with E-state index in [0.29, 0.717) is 12.1 Å². The van der Waals surface area contributed by atoms with Gasteiger partial charge in [-0.15, -0.1) is 0 Å². The zero-order chi connectivity index (χ0) is 20.3. The van der Waals surface area contributed by atoms with Crippen LogP contribution in [0.2, 0.25) is 0 Å². The van der Waals surface area contributed by atoms with Crippen molar-refractivity contribution in [2.45, 2.75) is 32.4 Å². The first-order valence-electron chi connectivity index (χ1n) is 9.16. The molecule has 1 amide bonds. The van der Waals surface area contributed by atoms with Gasteiger partial charge in [0.1, 0.15) is 11.4 Å². The molecule has 28 heavy (non-hydrogen) atoms. The fraction of sp³-hybridized carbons (Fsp3) is 0.381. The van der Waals surface area contributed by atoms with Gasteiger partial charge in [0.2, 0.25) is 0 Å². The molecule has 0 unspecified atom stereocenters. The van der Waals surface area contributed by atoms with Crippen LogP contribution in [-0.4, -0.2) is 46.9 Å². The first-order valence-corrected chi connectivity index (χ1v) is 9.16. The maximum atomic E-state index is 12.6. The van der Waals surface area contributed by atoms with Crippen LogP contribution in [0, 0.1) is 0 Å². The number of carbonyl (C=O) groups is 3. The molecule has 1 aromatic carbocycles. The molecule has 0 bridgehead atoms. The Labute approximate surface area is 163 Å². The summed E-state index contributed by atoms with van der Waals surface area (Å²) in [6.45, 7) is 1.57. The highest BCUT2D eigenvalue weighted by molar-refractivity contribution is 5.98. The van der Waals surface area contributed by atoms with E-state index in [2.05, 4.69) is 0 Å². The van der Waals surface area contributed by atoms with Gasteiger partial charge in [-0.3, -0.25) is 9.59 Å². The average molecular weight is 384 g/mol. The van der Waals surface area contributed by atoms with E-state index in [1.54, 1.807) is 25.3 Å². The number of benzene rings is 1. The van der Waals surface area contributed by atoms with E-state index in [0.717, 1.165) is 24.2 Å². The first-order chi connectivity index (χ1) is 13.4. The Hall–Kier alpha value is -3.09. The van der Waals surface area contributed by atoms with Gasteiger partial charge in [0, 0.05) is 31.4 Å². The number of methoxy groups -OCH3 is 1. The van der Waals surface area contributed by atoms with Crippen LogP contribution in [0.3, 0.4) is 0 Å². The topological polar surface area (TPSA) is 77.8 Å². The molecule has 148 valence electrons. The lowest BCUT2D eigenvalue weighted by atomic mass is 10.2. The summed E-state index contributed by atoms with van der Waals surface area (Å²) in [5.74, 6) is -0.226. The third-order valence-electron chi connectivity index (χ3n) is 4.77. The van der Waals surface area contributed by atoms with Crippen molar-refractivity contribution >= 4 is 17.7 Å². The van der Waals surface area contributed by atoms with E-state index in [1.807, 2.05) is 24.3 Å². The Kier molecular flexibility index (Phi) is 5.82. The van der Waals surface area contributed by atoms with Crippen molar-refractivity contribution < 1.29 is 23.9 Å². The van der Waals surface area contributed by atoms with Gasteiger partial charge >= 0.3 is 5.97 Å². The molecule has 1 aromatic heterocycles. The van der Waals surface area contributed by atoms with Gasteiger partial charge in [-0.2, -0.15) is 0 Å². The van der Waals surface area contributed by atoms with Crippen molar-refractivity contribution in [2.24, 2.45) is 7.05 Å². The Morgan fingerprint density at radius 3 is 2.39 bits per heavy atom. The Morgan fingerprint density at radius 2 is 1.86 bits per heavy atom.